The molecule has 0 atom stereocenters. The minimum absolute atomic E-state index is 0.0616. The van der Waals surface area contributed by atoms with Crippen LogP contribution in [-0.4, -0.2) is 10.9 Å². The van der Waals surface area contributed by atoms with E-state index in [0.717, 1.165) is 29.1 Å². The fraction of sp³-hybridized carbons (Fsp3) is 0.286. The van der Waals surface area contributed by atoms with E-state index in [1.165, 1.54) is 4.88 Å². The molecular formula is C14H16N4OS. The lowest BCUT2D eigenvalue weighted by atomic mass is 10.0. The Balaban J connectivity index is 1.81. The first-order chi connectivity index (χ1) is 9.63. The number of aromatic nitrogens is 1. The van der Waals surface area contributed by atoms with Crippen LogP contribution in [0.25, 0.3) is 0 Å². The maximum absolute atomic E-state index is 11.4. The predicted octanol–water partition coefficient (Wildman–Crippen LogP) is 2.53. The second-order valence-corrected chi connectivity index (χ2v) is 5.80. The molecule has 1 aliphatic heterocycles. The largest absolute Gasteiger partial charge is 0.397 e. The van der Waals surface area contributed by atoms with Crippen LogP contribution in [0.5, 0.6) is 0 Å². The van der Waals surface area contributed by atoms with Crippen LogP contribution < -0.4 is 16.4 Å². The van der Waals surface area contributed by atoms with Crippen LogP contribution in [0.3, 0.4) is 0 Å². The lowest BCUT2D eigenvalue weighted by molar-refractivity contribution is -0.116. The van der Waals surface area contributed by atoms with Crippen molar-refractivity contribution in [2.75, 3.05) is 16.4 Å². The van der Waals surface area contributed by atoms with Crippen molar-refractivity contribution in [2.24, 2.45) is 0 Å². The molecule has 0 saturated carbocycles. The highest BCUT2D eigenvalue weighted by atomic mass is 32.1. The molecule has 2 aromatic rings. The average molecular weight is 288 g/mol. The van der Waals surface area contributed by atoms with E-state index in [2.05, 4.69) is 15.6 Å². The van der Waals surface area contributed by atoms with Crippen LogP contribution >= 0.6 is 11.3 Å². The maximum atomic E-state index is 11.4. The molecule has 1 amide bonds. The molecule has 0 radical (unpaired) electrons. The van der Waals surface area contributed by atoms with Gasteiger partial charge in [0, 0.05) is 17.0 Å². The molecule has 0 bridgehead atoms. The van der Waals surface area contributed by atoms with E-state index in [1.807, 2.05) is 24.6 Å². The van der Waals surface area contributed by atoms with Gasteiger partial charge in [-0.25, -0.2) is 4.98 Å². The molecule has 1 aromatic heterocycles. The predicted molar refractivity (Wildman–Crippen MR) is 82.0 cm³/mol. The molecule has 1 aromatic carbocycles. The number of nitrogens with two attached hydrogens (primary N) is 1. The molecule has 0 spiro atoms. The summed E-state index contributed by atoms with van der Waals surface area (Å²) < 4.78 is 0. The third-order valence-corrected chi connectivity index (χ3v) is 4.39. The number of aryl methyl sites for hydroxylation is 2. The first-order valence-electron chi connectivity index (χ1n) is 6.48. The number of hydrogen-bond acceptors (Lipinski definition) is 5. The topological polar surface area (TPSA) is 80.0 Å². The monoisotopic (exact) mass is 288 g/mol. The van der Waals surface area contributed by atoms with Crippen molar-refractivity contribution in [2.45, 2.75) is 26.3 Å². The second-order valence-electron chi connectivity index (χ2n) is 4.86. The summed E-state index contributed by atoms with van der Waals surface area (Å²) in [5, 5.41) is 6.20. The van der Waals surface area contributed by atoms with Crippen LogP contribution in [0, 0.1) is 6.92 Å². The van der Waals surface area contributed by atoms with Crippen molar-refractivity contribution >= 4 is 34.3 Å². The first kappa shape index (κ1) is 12.9. The van der Waals surface area contributed by atoms with Gasteiger partial charge in [0.25, 0.3) is 0 Å². The summed E-state index contributed by atoms with van der Waals surface area (Å²) in [5.74, 6) is 0.0616. The molecule has 20 heavy (non-hydrogen) atoms. The van der Waals surface area contributed by atoms with Gasteiger partial charge in [-0.05, 0) is 31.0 Å². The van der Waals surface area contributed by atoms with Crippen LogP contribution in [0.1, 0.15) is 22.6 Å². The van der Waals surface area contributed by atoms with Gasteiger partial charge in [-0.3, -0.25) is 4.79 Å². The van der Waals surface area contributed by atoms with Crippen molar-refractivity contribution in [3.8, 4) is 0 Å². The minimum atomic E-state index is 0.0616. The number of anilines is 3. The van der Waals surface area contributed by atoms with Crippen molar-refractivity contribution in [3.05, 3.63) is 33.8 Å². The number of benzene rings is 1. The zero-order valence-corrected chi connectivity index (χ0v) is 12.0. The number of nitrogens with one attached hydrogen (secondary N) is 2. The van der Waals surface area contributed by atoms with E-state index < -0.39 is 0 Å². The highest BCUT2D eigenvalue weighted by molar-refractivity contribution is 7.09. The number of hydrogen-bond donors (Lipinski definition) is 3. The Kier molecular flexibility index (Phi) is 3.31. The fourth-order valence-electron chi connectivity index (χ4n) is 2.27. The van der Waals surface area contributed by atoms with Gasteiger partial charge in [0.1, 0.15) is 0 Å². The van der Waals surface area contributed by atoms with Gasteiger partial charge in [-0.15, -0.1) is 11.3 Å². The summed E-state index contributed by atoms with van der Waals surface area (Å²) >= 11 is 1.62. The molecule has 2 heterocycles. The Morgan fingerprint density at radius 3 is 3.05 bits per heavy atom. The Bertz CT molecular complexity index is 665. The summed E-state index contributed by atoms with van der Waals surface area (Å²) in [6, 6.07) is 3.86. The van der Waals surface area contributed by atoms with Crippen LogP contribution in [0.15, 0.2) is 17.6 Å². The van der Waals surface area contributed by atoms with Gasteiger partial charge in [0.2, 0.25) is 5.91 Å². The molecule has 0 unspecified atom stereocenters. The lowest BCUT2D eigenvalue weighted by Crippen LogP contribution is -2.19. The van der Waals surface area contributed by atoms with E-state index >= 15 is 0 Å². The number of carbonyl (C=O) groups is 1. The highest BCUT2D eigenvalue weighted by Crippen LogP contribution is 2.31. The summed E-state index contributed by atoms with van der Waals surface area (Å²) in [6.07, 6.45) is 1.28. The summed E-state index contributed by atoms with van der Waals surface area (Å²) in [5.41, 5.74) is 12.5. The molecule has 4 N–H and O–H groups in total. The highest BCUT2D eigenvalue weighted by Gasteiger charge is 2.16. The quantitative estimate of drug-likeness (QED) is 0.758. The Morgan fingerprint density at radius 2 is 2.30 bits per heavy atom. The smallest absolute Gasteiger partial charge is 0.224 e. The van der Waals surface area contributed by atoms with Gasteiger partial charge in [-0.1, -0.05) is 0 Å². The number of thiazole rings is 1. The third kappa shape index (κ3) is 2.46. The van der Waals surface area contributed by atoms with Crippen LogP contribution in [0.4, 0.5) is 17.1 Å². The number of nitrogen functional groups attached to an aromatic ring is 1. The molecule has 6 heteroatoms. The number of amides is 1. The molecule has 104 valence electrons. The first-order valence-corrected chi connectivity index (χ1v) is 7.36. The molecule has 5 nitrogen and oxygen atoms in total. The van der Waals surface area contributed by atoms with Crippen molar-refractivity contribution in [1.29, 1.82) is 0 Å². The van der Waals surface area contributed by atoms with Crippen molar-refractivity contribution in [3.63, 3.8) is 0 Å². The molecular weight excluding hydrogens is 272 g/mol. The SMILES string of the molecule is Cc1ncsc1CNc1cc2c(cc1N)CCC(=O)N2. The molecule has 0 fully saturated rings. The van der Waals surface area contributed by atoms with Crippen LogP contribution in [-0.2, 0) is 17.8 Å². The number of fused-ring (bicyclic) bond motifs is 1. The zero-order chi connectivity index (χ0) is 14.1. The number of rotatable bonds is 3. The van der Waals surface area contributed by atoms with Gasteiger partial charge >= 0.3 is 0 Å². The standard InChI is InChI=1S/C14H16N4OS/c1-8-13(20-7-17-8)6-16-12-5-11-9(4-10(12)15)2-3-14(19)18-11/h4-5,7,16H,2-3,6,15H2,1H3,(H,18,19). The summed E-state index contributed by atoms with van der Waals surface area (Å²) in [6.45, 7) is 2.68. The number of nitrogens with zero attached hydrogens (tertiary/aromatic N) is 1. The lowest BCUT2D eigenvalue weighted by Gasteiger charge is -2.19. The van der Waals surface area contributed by atoms with Gasteiger partial charge in [0.05, 0.1) is 29.1 Å². The van der Waals surface area contributed by atoms with E-state index in [9.17, 15) is 4.79 Å². The van der Waals surface area contributed by atoms with Crippen molar-refractivity contribution < 1.29 is 4.79 Å². The van der Waals surface area contributed by atoms with E-state index in [1.54, 1.807) is 11.3 Å². The third-order valence-electron chi connectivity index (χ3n) is 3.46. The Labute approximate surface area is 121 Å². The van der Waals surface area contributed by atoms with Crippen molar-refractivity contribution in [1.82, 2.24) is 4.98 Å². The Morgan fingerprint density at radius 1 is 1.45 bits per heavy atom. The summed E-state index contributed by atoms with van der Waals surface area (Å²) in [7, 11) is 0. The van der Waals surface area contributed by atoms with Gasteiger partial charge < -0.3 is 16.4 Å². The van der Waals surface area contributed by atoms with Gasteiger partial charge in [0.15, 0.2) is 0 Å². The number of carbonyl (C=O) groups excluding carboxylic acids is 1. The average Bonchev–Trinajstić information content (AvgIpc) is 2.82. The maximum Gasteiger partial charge on any atom is 0.224 e. The minimum Gasteiger partial charge on any atom is -0.397 e. The van der Waals surface area contributed by atoms with Gasteiger partial charge in [-0.2, -0.15) is 0 Å². The van der Waals surface area contributed by atoms with E-state index in [0.29, 0.717) is 18.7 Å². The second kappa shape index (κ2) is 5.13. The normalized spacial score (nSPS) is 13.8. The molecule has 1 aliphatic rings. The molecule has 3 rings (SSSR count). The molecule has 0 aliphatic carbocycles. The molecule has 0 saturated heterocycles. The zero-order valence-electron chi connectivity index (χ0n) is 11.2. The van der Waals surface area contributed by atoms with Crippen LogP contribution in [0.2, 0.25) is 0 Å². The van der Waals surface area contributed by atoms with E-state index in [4.69, 9.17) is 5.73 Å². The Hall–Kier alpha value is -2.08. The summed E-state index contributed by atoms with van der Waals surface area (Å²) in [4.78, 5) is 16.8. The fourth-order valence-corrected chi connectivity index (χ4v) is 2.99. The van der Waals surface area contributed by atoms with E-state index in [-0.39, 0.29) is 5.91 Å².